The average Bonchev–Trinajstić information content (AvgIpc) is 0.856. The Labute approximate surface area is 896 Å². The van der Waals surface area contributed by atoms with Crippen LogP contribution in [0.2, 0.25) is 105 Å². The molecule has 0 unspecified atom stereocenters. The summed E-state index contributed by atoms with van der Waals surface area (Å²) in [5, 5.41) is 88.5. The minimum Gasteiger partial charge on any atom is -0.506 e. The van der Waals surface area contributed by atoms with Crippen LogP contribution in [0.5, 0.6) is 57.5 Å². The summed E-state index contributed by atoms with van der Waals surface area (Å²) in [4.78, 5) is 0. The van der Waals surface area contributed by atoms with Crippen molar-refractivity contribution in [1.82, 2.24) is 0 Å². The maximum Gasteiger partial charge on any atom is 0.203 e. The quantitative estimate of drug-likeness (QED) is 0.0357. The highest BCUT2D eigenvalue weighted by molar-refractivity contribution is 6.53. The molecule has 0 amide bonds. The van der Waals surface area contributed by atoms with Crippen LogP contribution in [0.1, 0.15) is 253 Å². The predicted octanol–water partition coefficient (Wildman–Crippen LogP) is 41.5. The van der Waals surface area contributed by atoms with Crippen molar-refractivity contribution in [1.29, 1.82) is 0 Å². The van der Waals surface area contributed by atoms with Gasteiger partial charge in [-0.25, -0.2) is 65.9 Å². The summed E-state index contributed by atoms with van der Waals surface area (Å²) >= 11 is 117. The smallest absolute Gasteiger partial charge is 0.203 e. The summed E-state index contributed by atoms with van der Waals surface area (Å²) in [5.74, 6) is -35.0. The van der Waals surface area contributed by atoms with Gasteiger partial charge in [-0.2, -0.15) is 17.6 Å². The van der Waals surface area contributed by atoms with Crippen LogP contribution in [0.4, 0.5) is 83.4 Å². The Bertz CT molecular complexity index is 4710. The molecule has 0 aliphatic heterocycles. The molecule has 0 saturated carbocycles. The average molecular weight is 2430 g/mol. The Kier molecular flexibility index (Phi) is 53.5. The summed E-state index contributed by atoms with van der Waals surface area (Å²) in [6.07, 6.45) is 0. The van der Waals surface area contributed by atoms with Crippen molar-refractivity contribution < 1.29 is 134 Å². The number of hydrogen-bond donors (Lipinski definition) is 10. The lowest BCUT2D eigenvalue weighted by atomic mass is 10.0. The lowest BCUT2D eigenvalue weighted by molar-refractivity contribution is 0.354. The maximum atomic E-state index is 13.5. The Morgan fingerprint density at radius 3 is 0.571 bits per heavy atom. The van der Waals surface area contributed by atoms with Gasteiger partial charge >= 0.3 is 0 Å². The number of benzene rings is 10. The second-order valence-corrected chi connectivity index (χ2v) is 39.7. The van der Waals surface area contributed by atoms with Crippen molar-refractivity contribution in [2.75, 3.05) is 0 Å². The molecule has 0 heterocycles. The maximum absolute atomic E-state index is 13.5. The first kappa shape index (κ1) is 133. The van der Waals surface area contributed by atoms with Crippen LogP contribution < -0.4 is 0 Å². The Hall–Kier alpha value is -5.04. The van der Waals surface area contributed by atoms with Gasteiger partial charge < -0.3 is 51.1 Å². The summed E-state index contributed by atoms with van der Waals surface area (Å²) in [7, 11) is 0. The van der Waals surface area contributed by atoms with E-state index in [1.54, 1.807) is 96.9 Å². The third-order valence-corrected chi connectivity index (χ3v) is 27.3. The highest BCUT2D eigenvalue weighted by Crippen LogP contribution is 2.53. The van der Waals surface area contributed by atoms with Gasteiger partial charge in [-0.05, 0) is 59.2 Å². The topological polar surface area (TPSA) is 202 Å². The van der Waals surface area contributed by atoms with Crippen LogP contribution in [-0.2, 0) is 0 Å². The van der Waals surface area contributed by atoms with E-state index in [2.05, 4.69) is 0 Å². The first-order valence-corrected chi connectivity index (χ1v) is 47.2. The molecule has 0 spiro atoms. The number of hydrogen-bond acceptors (Lipinski definition) is 10. The van der Waals surface area contributed by atoms with E-state index >= 15 is 0 Å². The molecule has 0 aromatic heterocycles. The molecule has 780 valence electrons. The fourth-order valence-electron chi connectivity index (χ4n) is 11.6. The monoisotopic (exact) mass is 2420 g/mol. The van der Waals surface area contributed by atoms with Gasteiger partial charge in [0.25, 0.3) is 0 Å². The molecule has 50 heteroatoms. The van der Waals surface area contributed by atoms with E-state index in [4.69, 9.17) is 254 Å². The Morgan fingerprint density at radius 2 is 0.236 bits per heavy atom. The minimum atomic E-state index is -2.00. The molecule has 0 saturated heterocycles. The number of aromatic hydroxyl groups is 10. The van der Waals surface area contributed by atoms with Gasteiger partial charge in [0.2, 0.25) is 29.1 Å². The minimum absolute atomic E-state index is 0.0229. The third kappa shape index (κ3) is 30.6. The fraction of sp³-hybridized carbons (Fsp3) is 0.333. The van der Waals surface area contributed by atoms with E-state index in [9.17, 15) is 124 Å². The number of phenolic OH excluding ortho intramolecular Hbond substituents is 10. The van der Waals surface area contributed by atoms with E-state index < -0.39 is 204 Å². The van der Waals surface area contributed by atoms with Crippen molar-refractivity contribution >= 4 is 244 Å². The largest absolute Gasteiger partial charge is 0.506 e. The molecule has 0 atom stereocenters. The van der Waals surface area contributed by atoms with Gasteiger partial charge in [0.1, 0.15) is 68.2 Å². The van der Waals surface area contributed by atoms with E-state index in [1.807, 2.05) is 13.8 Å². The molecule has 0 radical (unpaired) electrons. The van der Waals surface area contributed by atoms with E-state index in [-0.39, 0.29) is 179 Å². The van der Waals surface area contributed by atoms with Crippen LogP contribution >= 0.6 is 244 Å². The molecule has 0 aliphatic rings. The van der Waals surface area contributed by atoms with E-state index in [0.717, 1.165) is 0 Å². The molecule has 0 aliphatic carbocycles. The zero-order chi connectivity index (χ0) is 110. The highest BCUT2D eigenvalue weighted by atomic mass is 35.5. The van der Waals surface area contributed by atoms with Crippen LogP contribution in [0.15, 0.2) is 0 Å². The molecule has 0 fully saturated rings. The second-order valence-electron chi connectivity index (χ2n) is 31.7. The molecule has 140 heavy (non-hydrogen) atoms. The zero-order valence-corrected chi connectivity index (χ0v) is 91.2. The third-order valence-electron chi connectivity index (χ3n) is 18.5. The van der Waals surface area contributed by atoms with Gasteiger partial charge in [-0.3, -0.25) is 0 Å². The predicted molar refractivity (Wildman–Crippen MR) is 526 cm³/mol. The molecule has 10 nitrogen and oxygen atoms in total. The summed E-state index contributed by atoms with van der Waals surface area (Å²) < 4.78 is 247. The van der Waals surface area contributed by atoms with Gasteiger partial charge in [-0.15, -0.1) is 0 Å². The summed E-state index contributed by atoms with van der Waals surface area (Å²) in [6.45, 7) is 33.2. The van der Waals surface area contributed by atoms with Gasteiger partial charge in [0.15, 0.2) is 116 Å². The van der Waals surface area contributed by atoms with Crippen LogP contribution in [0.25, 0.3) is 0 Å². The van der Waals surface area contributed by atoms with Crippen molar-refractivity contribution in [3.8, 4) is 57.5 Å². The van der Waals surface area contributed by atoms with Gasteiger partial charge in [0.05, 0.1) is 60.3 Å². The van der Waals surface area contributed by atoms with Crippen molar-refractivity contribution in [3.05, 3.63) is 272 Å². The normalized spacial score (nSPS) is 11.1. The Morgan fingerprint density at radius 1 is 0.107 bits per heavy atom. The zero-order valence-electron chi connectivity index (χ0n) is 75.4. The summed E-state index contributed by atoms with van der Waals surface area (Å²) in [6, 6.07) is 0. The molecule has 10 aromatic carbocycles. The summed E-state index contributed by atoms with van der Waals surface area (Å²) in [5.41, 5.74) is -0.0182. The Balaban J connectivity index is 0.000000778. The van der Waals surface area contributed by atoms with Gasteiger partial charge in [0, 0.05) is 55.6 Å². The number of halogens is 40. The van der Waals surface area contributed by atoms with Crippen molar-refractivity contribution in [3.63, 3.8) is 0 Å². The first-order chi connectivity index (χ1) is 63.7. The lowest BCUT2D eigenvalue weighted by Gasteiger charge is -2.14. The molecule has 10 rings (SSSR count). The first-order valence-electron chi connectivity index (χ1n) is 39.2. The molecule has 0 bridgehead atoms. The van der Waals surface area contributed by atoms with E-state index in [1.165, 1.54) is 27.7 Å². The second kappa shape index (κ2) is 56.4. The molecule has 10 aromatic rings. The molecular weight excluding hydrogens is 2350 g/mol. The van der Waals surface area contributed by atoms with Crippen LogP contribution in [0.3, 0.4) is 0 Å². The molecular formula is C90H80Cl21F19O10. The SMILES string of the molecule is CC(C)c1c(O)c(Cl)c(Cl)c(Cl)c1Cl.CC(C)c1c(O)c(Cl)c(Cl)c(Cl)c1F.CC(C)c1c(O)c(Cl)c(Cl)c(F)c1Cl.CC(C)c1c(O)c(Cl)c(Cl)c(F)c1F.CC(C)c1c(O)c(F)c(Cl)c(Cl)c1Cl.CC(C)c1c(O)c(F)c(Cl)c(Cl)c1F.CC(C)c1c(O)c(F)c(F)c(Cl)c1Cl.CC(C)c1c(O)c(F)c(F)c(Cl)c1F.CC(C)c1c(O)c(F)c(F)c(F)c1Cl.CC(C)c1c(O)c(F)c(F)c(F)c1F. The highest BCUT2D eigenvalue weighted by Gasteiger charge is 2.34. The fourth-order valence-corrected chi connectivity index (χ4v) is 16.8. The number of phenols is 10. The van der Waals surface area contributed by atoms with Crippen molar-refractivity contribution in [2.24, 2.45) is 0 Å². The van der Waals surface area contributed by atoms with E-state index in [0.29, 0.717) is 5.56 Å². The van der Waals surface area contributed by atoms with Gasteiger partial charge in [-0.1, -0.05) is 382 Å². The number of rotatable bonds is 10. The van der Waals surface area contributed by atoms with Crippen LogP contribution in [0, 0.1) is 111 Å². The van der Waals surface area contributed by atoms with Crippen molar-refractivity contribution in [2.45, 2.75) is 198 Å². The van der Waals surface area contributed by atoms with Crippen LogP contribution in [-0.4, -0.2) is 51.1 Å². The standard InChI is InChI=1S/C9H8Cl4O.3C9H8Cl3FO.3C9H8Cl2F2O.2C9H8ClF3O.C9H8F4O/c1-3(2)4-5(10)6(11)7(12)8(13)9(4)14;1-3(2)4-8(13)6(11)5(10)7(12)9(4)14;1-3(2)4-5(10)8(13)6(11)7(12)9(4)14;1-3(2)4-5(10)6(11)7(12)8(13)9(4)14;1-3(2)4-7(12)8(13)5(10)6(11)9(4)14;1-3(2)4-7(12)5(10)6(11)8(13)9(4)14;1-3(2)4-5(10)6(11)7(12)8(13)9(4)14;1-3(2)4-6(11)5(10)7(12)8(13)9(4)14;2*1-3(2)4-5(10)6(11)7(12)8(13)9(4)14/h10*3,14H,1-2H3. The lowest BCUT2D eigenvalue weighted by Crippen LogP contribution is -2.04. The molecule has 10 N–H and O–H groups in total.